The molecule has 1 aliphatic heterocycles. The fourth-order valence-electron chi connectivity index (χ4n) is 1.27. The molecule has 1 aliphatic rings. The van der Waals surface area contributed by atoms with Crippen LogP contribution in [0, 0.1) is 5.92 Å². The van der Waals surface area contributed by atoms with Gasteiger partial charge in [-0.15, -0.1) is 0 Å². The van der Waals surface area contributed by atoms with E-state index in [2.05, 4.69) is 5.32 Å². The van der Waals surface area contributed by atoms with Crippen molar-refractivity contribution in [2.24, 2.45) is 5.92 Å². The standard InChI is InChI=1S/C7H13NO2/c9-5-3-6-2-1-4-8-7(6)10/h6,9H,1-5H2,(H,8,10). The van der Waals surface area contributed by atoms with Gasteiger partial charge in [0, 0.05) is 19.1 Å². The topological polar surface area (TPSA) is 49.3 Å². The molecule has 0 aliphatic carbocycles. The van der Waals surface area contributed by atoms with Crippen LogP contribution in [-0.2, 0) is 4.79 Å². The summed E-state index contributed by atoms with van der Waals surface area (Å²) in [6.07, 6.45) is 2.61. The van der Waals surface area contributed by atoms with Crippen LogP contribution in [0.15, 0.2) is 0 Å². The number of carbonyl (C=O) groups excluding carboxylic acids is 1. The number of carbonyl (C=O) groups is 1. The molecule has 10 heavy (non-hydrogen) atoms. The highest BCUT2D eigenvalue weighted by Crippen LogP contribution is 2.13. The Kier molecular flexibility index (Phi) is 2.68. The van der Waals surface area contributed by atoms with Crippen LogP contribution in [0.3, 0.4) is 0 Å². The molecule has 1 fully saturated rings. The summed E-state index contributed by atoms with van der Waals surface area (Å²) in [6.45, 7) is 0.929. The Bertz CT molecular complexity index is 123. The van der Waals surface area contributed by atoms with Crippen LogP contribution in [0.1, 0.15) is 19.3 Å². The fourth-order valence-corrected chi connectivity index (χ4v) is 1.27. The van der Waals surface area contributed by atoms with Gasteiger partial charge < -0.3 is 10.4 Å². The molecule has 0 aromatic rings. The molecular formula is C7H13NO2. The van der Waals surface area contributed by atoms with Gasteiger partial charge in [-0.25, -0.2) is 0 Å². The third-order valence-corrected chi connectivity index (χ3v) is 1.88. The minimum Gasteiger partial charge on any atom is -0.396 e. The lowest BCUT2D eigenvalue weighted by Crippen LogP contribution is -2.36. The number of nitrogens with one attached hydrogen (secondary N) is 1. The summed E-state index contributed by atoms with van der Waals surface area (Å²) < 4.78 is 0. The van der Waals surface area contributed by atoms with Crippen LogP contribution in [-0.4, -0.2) is 24.2 Å². The molecule has 1 heterocycles. The number of hydrogen-bond acceptors (Lipinski definition) is 2. The molecule has 0 bridgehead atoms. The fraction of sp³-hybridized carbons (Fsp3) is 0.857. The van der Waals surface area contributed by atoms with Crippen molar-refractivity contribution in [3.63, 3.8) is 0 Å². The minimum absolute atomic E-state index is 0.0683. The van der Waals surface area contributed by atoms with E-state index in [1.807, 2.05) is 0 Å². The molecule has 2 N–H and O–H groups in total. The number of amides is 1. The lowest BCUT2D eigenvalue weighted by Gasteiger charge is -2.20. The lowest BCUT2D eigenvalue weighted by molar-refractivity contribution is -0.127. The van der Waals surface area contributed by atoms with Gasteiger partial charge in [-0.05, 0) is 19.3 Å². The molecule has 0 aromatic heterocycles. The number of rotatable bonds is 2. The monoisotopic (exact) mass is 143 g/mol. The average Bonchev–Trinajstić information content (AvgIpc) is 1.94. The summed E-state index contributed by atoms with van der Waals surface area (Å²) >= 11 is 0. The van der Waals surface area contributed by atoms with Crippen molar-refractivity contribution in [2.75, 3.05) is 13.2 Å². The Labute approximate surface area is 60.4 Å². The number of hydrogen-bond donors (Lipinski definition) is 2. The lowest BCUT2D eigenvalue weighted by atomic mass is 9.96. The van der Waals surface area contributed by atoms with E-state index in [9.17, 15) is 4.79 Å². The van der Waals surface area contributed by atoms with Crippen molar-refractivity contribution in [1.82, 2.24) is 5.32 Å². The normalized spacial score (nSPS) is 26.1. The zero-order valence-corrected chi connectivity index (χ0v) is 5.97. The van der Waals surface area contributed by atoms with E-state index in [0.29, 0.717) is 6.42 Å². The van der Waals surface area contributed by atoms with Gasteiger partial charge in [-0.2, -0.15) is 0 Å². The highest BCUT2D eigenvalue weighted by Gasteiger charge is 2.20. The predicted molar refractivity (Wildman–Crippen MR) is 37.4 cm³/mol. The highest BCUT2D eigenvalue weighted by atomic mass is 16.3. The van der Waals surface area contributed by atoms with Crippen molar-refractivity contribution < 1.29 is 9.90 Å². The van der Waals surface area contributed by atoms with Gasteiger partial charge in [0.15, 0.2) is 0 Å². The van der Waals surface area contributed by atoms with Gasteiger partial charge in [-0.1, -0.05) is 0 Å². The number of piperidine rings is 1. The maximum atomic E-state index is 11.0. The van der Waals surface area contributed by atoms with Crippen LogP contribution in [0.2, 0.25) is 0 Å². The van der Waals surface area contributed by atoms with Crippen LogP contribution in [0.4, 0.5) is 0 Å². The molecule has 1 atom stereocenters. The zero-order chi connectivity index (χ0) is 7.40. The van der Waals surface area contributed by atoms with Gasteiger partial charge in [0.25, 0.3) is 0 Å². The van der Waals surface area contributed by atoms with E-state index >= 15 is 0 Å². The maximum Gasteiger partial charge on any atom is 0.223 e. The van der Waals surface area contributed by atoms with Gasteiger partial charge in [0.05, 0.1) is 0 Å². The second kappa shape index (κ2) is 3.56. The summed E-state index contributed by atoms with van der Waals surface area (Å²) in [7, 11) is 0. The molecular weight excluding hydrogens is 130 g/mol. The quantitative estimate of drug-likeness (QED) is 0.567. The second-order valence-electron chi connectivity index (χ2n) is 2.64. The van der Waals surface area contributed by atoms with Crippen LogP contribution < -0.4 is 5.32 Å². The molecule has 3 nitrogen and oxygen atoms in total. The first-order chi connectivity index (χ1) is 4.84. The van der Waals surface area contributed by atoms with E-state index in [4.69, 9.17) is 5.11 Å². The first-order valence-corrected chi connectivity index (χ1v) is 3.73. The molecule has 0 saturated carbocycles. The van der Waals surface area contributed by atoms with Gasteiger partial charge in [0.2, 0.25) is 5.91 Å². The SMILES string of the molecule is O=C1NCCCC1CCO. The van der Waals surface area contributed by atoms with Crippen molar-refractivity contribution in [1.29, 1.82) is 0 Å². The second-order valence-corrected chi connectivity index (χ2v) is 2.64. The van der Waals surface area contributed by atoms with E-state index in [1.54, 1.807) is 0 Å². The Balaban J connectivity index is 2.32. The molecule has 0 radical (unpaired) electrons. The molecule has 3 heteroatoms. The molecule has 0 aromatic carbocycles. The molecule has 1 rings (SSSR count). The van der Waals surface area contributed by atoms with Crippen molar-refractivity contribution in [3.8, 4) is 0 Å². The Morgan fingerprint density at radius 2 is 2.50 bits per heavy atom. The van der Waals surface area contributed by atoms with Crippen LogP contribution >= 0.6 is 0 Å². The summed E-state index contributed by atoms with van der Waals surface area (Å²) in [5.74, 6) is 0.180. The maximum absolute atomic E-state index is 11.0. The molecule has 58 valence electrons. The van der Waals surface area contributed by atoms with Gasteiger partial charge in [-0.3, -0.25) is 4.79 Å². The van der Waals surface area contributed by atoms with Crippen molar-refractivity contribution >= 4 is 5.91 Å². The number of aliphatic hydroxyl groups is 1. The van der Waals surface area contributed by atoms with Gasteiger partial charge in [0.1, 0.15) is 0 Å². The zero-order valence-electron chi connectivity index (χ0n) is 5.97. The smallest absolute Gasteiger partial charge is 0.223 e. The molecule has 1 amide bonds. The molecule has 1 saturated heterocycles. The predicted octanol–water partition coefficient (Wildman–Crippen LogP) is -0.105. The van der Waals surface area contributed by atoms with Crippen molar-refractivity contribution in [2.45, 2.75) is 19.3 Å². The van der Waals surface area contributed by atoms with Gasteiger partial charge >= 0.3 is 0 Å². The summed E-state index contributed by atoms with van der Waals surface area (Å²) in [4.78, 5) is 11.0. The van der Waals surface area contributed by atoms with E-state index in [1.165, 1.54) is 0 Å². The van der Waals surface area contributed by atoms with E-state index in [-0.39, 0.29) is 18.4 Å². The highest BCUT2D eigenvalue weighted by molar-refractivity contribution is 5.79. The largest absolute Gasteiger partial charge is 0.396 e. The molecule has 1 unspecified atom stereocenters. The minimum atomic E-state index is 0.0683. The summed E-state index contributed by atoms with van der Waals surface area (Å²) in [5, 5.41) is 11.3. The summed E-state index contributed by atoms with van der Waals surface area (Å²) in [6, 6.07) is 0. The van der Waals surface area contributed by atoms with Crippen molar-refractivity contribution in [3.05, 3.63) is 0 Å². The Hall–Kier alpha value is -0.570. The third kappa shape index (κ3) is 1.70. The average molecular weight is 143 g/mol. The summed E-state index contributed by atoms with van der Waals surface area (Å²) in [5.41, 5.74) is 0. The Morgan fingerprint density at radius 1 is 1.70 bits per heavy atom. The van der Waals surface area contributed by atoms with E-state index in [0.717, 1.165) is 19.4 Å². The number of aliphatic hydroxyl groups excluding tert-OH is 1. The first-order valence-electron chi connectivity index (χ1n) is 3.73. The molecule has 0 spiro atoms. The first kappa shape index (κ1) is 7.54. The Morgan fingerprint density at radius 3 is 3.10 bits per heavy atom. The van der Waals surface area contributed by atoms with E-state index < -0.39 is 0 Å². The third-order valence-electron chi connectivity index (χ3n) is 1.88. The van der Waals surface area contributed by atoms with Crippen LogP contribution in [0.5, 0.6) is 0 Å². The van der Waals surface area contributed by atoms with Crippen LogP contribution in [0.25, 0.3) is 0 Å².